The van der Waals surface area contributed by atoms with Gasteiger partial charge in [0.1, 0.15) is 5.78 Å². The number of carbonyl (C=O) groups excluding carboxylic acids is 1. The molecule has 0 fully saturated rings. The summed E-state index contributed by atoms with van der Waals surface area (Å²) in [4.78, 5) is 11.4. The minimum absolute atomic E-state index is 0.0665. The molecule has 0 aliphatic carbocycles. The van der Waals surface area contributed by atoms with Crippen LogP contribution >= 0.6 is 0 Å². The van der Waals surface area contributed by atoms with Gasteiger partial charge in [-0.25, -0.2) is 0 Å². The van der Waals surface area contributed by atoms with E-state index in [4.69, 9.17) is 4.74 Å². The maximum atomic E-state index is 11.4. The van der Waals surface area contributed by atoms with Crippen LogP contribution < -0.4 is 0 Å². The Kier molecular flexibility index (Phi) is 5.99. The second-order valence-electron chi connectivity index (χ2n) is 3.41. The Hall–Kier alpha value is -0.370. The van der Waals surface area contributed by atoms with Crippen molar-refractivity contribution >= 4 is 5.78 Å². The van der Waals surface area contributed by atoms with Gasteiger partial charge in [0.15, 0.2) is 0 Å². The summed E-state index contributed by atoms with van der Waals surface area (Å²) in [6, 6.07) is 0. The van der Waals surface area contributed by atoms with Gasteiger partial charge in [0.05, 0.1) is 6.10 Å². The molecule has 0 aromatic carbocycles. The molecule has 0 aromatic rings. The summed E-state index contributed by atoms with van der Waals surface area (Å²) < 4.78 is 5.03. The van der Waals surface area contributed by atoms with Gasteiger partial charge in [-0.15, -0.1) is 0 Å². The number of hydrogen-bond donors (Lipinski definition) is 0. The quantitative estimate of drug-likeness (QED) is 0.615. The highest BCUT2D eigenvalue weighted by molar-refractivity contribution is 5.81. The summed E-state index contributed by atoms with van der Waals surface area (Å²) in [5.74, 6) is 0.527. The Labute approximate surface area is 75.3 Å². The molecule has 0 saturated heterocycles. The van der Waals surface area contributed by atoms with Gasteiger partial charge in [-0.2, -0.15) is 0 Å². The molecule has 2 nitrogen and oxygen atoms in total. The number of methoxy groups -OCH3 is 1. The van der Waals surface area contributed by atoms with E-state index < -0.39 is 0 Å². The van der Waals surface area contributed by atoms with Crippen molar-refractivity contribution in [1.82, 2.24) is 0 Å². The van der Waals surface area contributed by atoms with Gasteiger partial charge in [-0.1, -0.05) is 20.3 Å². The molecule has 0 aromatic heterocycles. The van der Waals surface area contributed by atoms with Crippen LogP contribution in [0, 0.1) is 5.92 Å². The minimum atomic E-state index is 0.0665. The monoisotopic (exact) mass is 172 g/mol. The van der Waals surface area contributed by atoms with Crippen LogP contribution in [-0.2, 0) is 9.53 Å². The van der Waals surface area contributed by atoms with Crippen LogP contribution in [0.4, 0.5) is 0 Å². The molecular formula is C10H20O2. The van der Waals surface area contributed by atoms with Crippen molar-refractivity contribution in [3.63, 3.8) is 0 Å². The number of carbonyl (C=O) groups is 1. The van der Waals surface area contributed by atoms with Crippen molar-refractivity contribution in [2.75, 3.05) is 7.11 Å². The number of ether oxygens (including phenoxy) is 1. The van der Waals surface area contributed by atoms with Crippen molar-refractivity contribution in [3.05, 3.63) is 0 Å². The lowest BCUT2D eigenvalue weighted by Gasteiger charge is -2.12. The van der Waals surface area contributed by atoms with E-state index >= 15 is 0 Å². The lowest BCUT2D eigenvalue weighted by Crippen LogP contribution is -2.18. The van der Waals surface area contributed by atoms with E-state index in [1.54, 1.807) is 7.11 Å². The molecule has 72 valence electrons. The average Bonchev–Trinajstić information content (AvgIpc) is 2.04. The highest BCUT2D eigenvalue weighted by Crippen LogP contribution is 2.10. The molecule has 0 bridgehead atoms. The fraction of sp³-hybridized carbons (Fsp3) is 0.900. The summed E-state index contributed by atoms with van der Waals surface area (Å²) in [6.45, 7) is 6.02. The third-order valence-corrected chi connectivity index (χ3v) is 2.16. The molecule has 2 unspecified atom stereocenters. The zero-order valence-electron chi connectivity index (χ0n) is 8.59. The first-order chi connectivity index (χ1) is 5.61. The Morgan fingerprint density at radius 3 is 2.42 bits per heavy atom. The second-order valence-corrected chi connectivity index (χ2v) is 3.41. The SMILES string of the molecule is CCCC(C)C(=O)CC(C)OC. The van der Waals surface area contributed by atoms with Crippen molar-refractivity contribution in [2.24, 2.45) is 5.92 Å². The zero-order valence-corrected chi connectivity index (χ0v) is 8.59. The van der Waals surface area contributed by atoms with Crippen molar-refractivity contribution < 1.29 is 9.53 Å². The topological polar surface area (TPSA) is 26.3 Å². The van der Waals surface area contributed by atoms with Gasteiger partial charge < -0.3 is 4.74 Å². The molecule has 0 heterocycles. The largest absolute Gasteiger partial charge is 0.381 e. The maximum absolute atomic E-state index is 11.4. The summed E-state index contributed by atoms with van der Waals surface area (Å²) in [6.07, 6.45) is 2.69. The van der Waals surface area contributed by atoms with Crippen LogP contribution in [0.1, 0.15) is 40.0 Å². The fourth-order valence-electron chi connectivity index (χ4n) is 1.16. The molecule has 0 aliphatic heterocycles. The van der Waals surface area contributed by atoms with Gasteiger partial charge in [-0.05, 0) is 13.3 Å². The molecule has 2 heteroatoms. The standard InChI is InChI=1S/C10H20O2/c1-5-6-8(2)10(11)7-9(3)12-4/h8-9H,5-7H2,1-4H3. The van der Waals surface area contributed by atoms with Gasteiger partial charge >= 0.3 is 0 Å². The van der Waals surface area contributed by atoms with Gasteiger partial charge in [-0.3, -0.25) is 4.79 Å². The molecule has 0 rings (SSSR count). The first-order valence-electron chi connectivity index (χ1n) is 4.67. The molecule has 12 heavy (non-hydrogen) atoms. The molecule has 2 atom stereocenters. The van der Waals surface area contributed by atoms with Crippen LogP contribution in [0.25, 0.3) is 0 Å². The number of hydrogen-bond acceptors (Lipinski definition) is 2. The highest BCUT2D eigenvalue weighted by Gasteiger charge is 2.14. The Balaban J connectivity index is 3.70. The molecule has 0 saturated carbocycles. The Morgan fingerprint density at radius 1 is 1.42 bits per heavy atom. The van der Waals surface area contributed by atoms with E-state index in [9.17, 15) is 4.79 Å². The molecule has 0 N–H and O–H groups in total. The molecule has 0 amide bonds. The third kappa shape index (κ3) is 4.50. The molecule has 0 spiro atoms. The lowest BCUT2D eigenvalue weighted by molar-refractivity contribution is -0.124. The van der Waals surface area contributed by atoms with E-state index in [0.29, 0.717) is 12.2 Å². The first kappa shape index (κ1) is 11.6. The van der Waals surface area contributed by atoms with Gasteiger partial charge in [0.2, 0.25) is 0 Å². The molecular weight excluding hydrogens is 152 g/mol. The molecule has 0 aliphatic rings. The Bertz CT molecular complexity index is 132. The van der Waals surface area contributed by atoms with E-state index in [1.807, 2.05) is 13.8 Å². The normalized spacial score (nSPS) is 15.7. The third-order valence-electron chi connectivity index (χ3n) is 2.16. The lowest BCUT2D eigenvalue weighted by atomic mass is 9.97. The number of ketones is 1. The van der Waals surface area contributed by atoms with Crippen molar-refractivity contribution in [3.8, 4) is 0 Å². The second kappa shape index (κ2) is 6.18. The smallest absolute Gasteiger partial charge is 0.138 e. The fourth-order valence-corrected chi connectivity index (χ4v) is 1.16. The predicted octanol–water partition coefficient (Wildman–Crippen LogP) is 2.42. The van der Waals surface area contributed by atoms with E-state index in [-0.39, 0.29) is 12.0 Å². The van der Waals surface area contributed by atoms with Gasteiger partial charge in [0, 0.05) is 19.4 Å². The van der Waals surface area contributed by atoms with Crippen LogP contribution in [0.5, 0.6) is 0 Å². The van der Waals surface area contributed by atoms with E-state index in [1.165, 1.54) is 0 Å². The summed E-state index contributed by atoms with van der Waals surface area (Å²) in [5.41, 5.74) is 0. The maximum Gasteiger partial charge on any atom is 0.138 e. The predicted molar refractivity (Wildman–Crippen MR) is 50.2 cm³/mol. The van der Waals surface area contributed by atoms with Gasteiger partial charge in [0.25, 0.3) is 0 Å². The summed E-state index contributed by atoms with van der Waals surface area (Å²) >= 11 is 0. The highest BCUT2D eigenvalue weighted by atomic mass is 16.5. The van der Waals surface area contributed by atoms with Crippen LogP contribution in [-0.4, -0.2) is 19.0 Å². The first-order valence-corrected chi connectivity index (χ1v) is 4.67. The van der Waals surface area contributed by atoms with E-state index in [0.717, 1.165) is 12.8 Å². The van der Waals surface area contributed by atoms with Crippen LogP contribution in [0.15, 0.2) is 0 Å². The van der Waals surface area contributed by atoms with E-state index in [2.05, 4.69) is 6.92 Å². The van der Waals surface area contributed by atoms with Crippen LogP contribution in [0.2, 0.25) is 0 Å². The minimum Gasteiger partial charge on any atom is -0.381 e. The Morgan fingerprint density at radius 2 is 2.00 bits per heavy atom. The summed E-state index contributed by atoms with van der Waals surface area (Å²) in [7, 11) is 1.64. The average molecular weight is 172 g/mol. The van der Waals surface area contributed by atoms with Crippen LogP contribution in [0.3, 0.4) is 0 Å². The van der Waals surface area contributed by atoms with Crippen molar-refractivity contribution in [1.29, 1.82) is 0 Å². The van der Waals surface area contributed by atoms with Crippen molar-refractivity contribution in [2.45, 2.75) is 46.1 Å². The zero-order chi connectivity index (χ0) is 9.56. The molecule has 0 radical (unpaired) electrons. The number of Topliss-reactive ketones (excluding diaryl/α,β-unsaturated/α-hetero) is 1. The number of rotatable bonds is 6. The summed E-state index contributed by atoms with van der Waals surface area (Å²) in [5, 5.41) is 0.